The van der Waals surface area contributed by atoms with Crippen molar-refractivity contribution in [2.45, 2.75) is 25.7 Å². The van der Waals surface area contributed by atoms with Gasteiger partial charge in [0, 0.05) is 13.6 Å². The van der Waals surface area contributed by atoms with Crippen molar-refractivity contribution in [3.8, 4) is 0 Å². The first-order chi connectivity index (χ1) is 10.1. The van der Waals surface area contributed by atoms with Gasteiger partial charge in [0.05, 0.1) is 17.1 Å². The van der Waals surface area contributed by atoms with Crippen molar-refractivity contribution in [1.82, 2.24) is 4.31 Å². The molecule has 0 aliphatic rings. The number of nitrogens with two attached hydrogens (primary N) is 1. The number of hydrogen-bond donors (Lipinski definition) is 1. The molecule has 0 heterocycles. The van der Waals surface area contributed by atoms with E-state index in [0.717, 1.165) is 0 Å². The second-order valence-electron chi connectivity index (χ2n) is 5.87. The van der Waals surface area contributed by atoms with E-state index in [-0.39, 0.29) is 16.9 Å². The van der Waals surface area contributed by atoms with Crippen LogP contribution in [0.3, 0.4) is 0 Å². The van der Waals surface area contributed by atoms with Gasteiger partial charge in [-0.1, -0.05) is 13.8 Å². The molecule has 0 aliphatic carbocycles. The smallest absolute Gasteiger partial charge is 0.338 e. The second-order valence-corrected chi connectivity index (χ2v) is 7.92. The number of esters is 1. The summed E-state index contributed by atoms with van der Waals surface area (Å²) in [5, 5.41) is 0. The summed E-state index contributed by atoms with van der Waals surface area (Å²) in [5.74, 6) is -0.468. The van der Waals surface area contributed by atoms with E-state index in [4.69, 9.17) is 10.5 Å². The lowest BCUT2D eigenvalue weighted by molar-refractivity contribution is 0.0526. The van der Waals surface area contributed by atoms with Crippen molar-refractivity contribution >= 4 is 16.0 Å². The first kappa shape index (κ1) is 18.6. The van der Waals surface area contributed by atoms with Gasteiger partial charge in [-0.15, -0.1) is 0 Å². The molecule has 2 N–H and O–H groups in total. The summed E-state index contributed by atoms with van der Waals surface area (Å²) in [5.41, 5.74) is 5.66. The van der Waals surface area contributed by atoms with E-state index in [1.54, 1.807) is 6.92 Å². The molecule has 0 bridgehead atoms. The first-order valence-electron chi connectivity index (χ1n) is 7.07. The summed E-state index contributed by atoms with van der Waals surface area (Å²) in [7, 11) is -2.09. The van der Waals surface area contributed by atoms with Crippen molar-refractivity contribution in [2.75, 3.05) is 26.7 Å². The van der Waals surface area contributed by atoms with Crippen LogP contribution < -0.4 is 5.73 Å². The van der Waals surface area contributed by atoms with Gasteiger partial charge in [0.2, 0.25) is 10.0 Å². The molecule has 0 saturated carbocycles. The lowest BCUT2D eigenvalue weighted by Crippen LogP contribution is -2.39. The van der Waals surface area contributed by atoms with Gasteiger partial charge in [0.1, 0.15) is 0 Å². The highest BCUT2D eigenvalue weighted by atomic mass is 32.2. The molecule has 1 aromatic carbocycles. The highest BCUT2D eigenvalue weighted by Gasteiger charge is 2.27. The molecule has 6 nitrogen and oxygen atoms in total. The molecular weight excluding hydrogens is 304 g/mol. The lowest BCUT2D eigenvalue weighted by atomic mass is 9.94. The number of carbonyl (C=O) groups is 1. The van der Waals surface area contributed by atoms with E-state index >= 15 is 0 Å². The molecule has 22 heavy (non-hydrogen) atoms. The number of rotatable bonds is 7. The summed E-state index contributed by atoms with van der Waals surface area (Å²) in [6, 6.07) is 5.72. The van der Waals surface area contributed by atoms with Gasteiger partial charge in [-0.3, -0.25) is 0 Å². The van der Waals surface area contributed by atoms with Gasteiger partial charge < -0.3 is 10.5 Å². The van der Waals surface area contributed by atoms with Crippen LogP contribution in [0.15, 0.2) is 29.2 Å². The van der Waals surface area contributed by atoms with Gasteiger partial charge in [0.25, 0.3) is 0 Å². The van der Waals surface area contributed by atoms with Crippen molar-refractivity contribution < 1.29 is 17.9 Å². The van der Waals surface area contributed by atoms with Crippen LogP contribution in [0.2, 0.25) is 0 Å². The van der Waals surface area contributed by atoms with Crippen LogP contribution in [-0.2, 0) is 14.8 Å². The zero-order valence-electron chi connectivity index (χ0n) is 13.5. The van der Waals surface area contributed by atoms with E-state index in [1.165, 1.54) is 35.6 Å². The molecule has 0 aromatic heterocycles. The third-order valence-electron chi connectivity index (χ3n) is 3.28. The fourth-order valence-electron chi connectivity index (χ4n) is 1.91. The van der Waals surface area contributed by atoms with Gasteiger partial charge in [-0.2, -0.15) is 0 Å². The Morgan fingerprint density at radius 1 is 1.27 bits per heavy atom. The topological polar surface area (TPSA) is 89.7 Å². The molecular formula is C15H24N2O4S. The maximum absolute atomic E-state index is 12.5. The number of hydrogen-bond acceptors (Lipinski definition) is 5. The summed E-state index contributed by atoms with van der Waals surface area (Å²) in [4.78, 5) is 11.7. The maximum Gasteiger partial charge on any atom is 0.338 e. The number of ether oxygens (including phenoxy) is 1. The quantitative estimate of drug-likeness (QED) is 0.766. The van der Waals surface area contributed by atoms with Gasteiger partial charge >= 0.3 is 5.97 Å². The second kappa shape index (κ2) is 7.21. The molecule has 0 fully saturated rings. The monoisotopic (exact) mass is 328 g/mol. The average Bonchev–Trinajstić information content (AvgIpc) is 2.47. The number of sulfonamides is 1. The summed E-state index contributed by atoms with van der Waals surface area (Å²) in [6.45, 7) is 6.49. The summed E-state index contributed by atoms with van der Waals surface area (Å²) >= 11 is 0. The first-order valence-corrected chi connectivity index (χ1v) is 8.51. The SMILES string of the molecule is CCOC(=O)c1ccc(S(=O)(=O)N(C)CC(C)(C)CN)cc1. The zero-order valence-corrected chi connectivity index (χ0v) is 14.3. The molecule has 0 atom stereocenters. The van der Waals surface area contributed by atoms with Crippen LogP contribution in [0.5, 0.6) is 0 Å². The van der Waals surface area contributed by atoms with E-state index in [9.17, 15) is 13.2 Å². The van der Waals surface area contributed by atoms with Gasteiger partial charge in [-0.25, -0.2) is 17.5 Å². The predicted octanol–water partition coefficient (Wildman–Crippen LogP) is 1.47. The molecule has 1 aromatic rings. The zero-order chi connectivity index (χ0) is 17.0. The predicted molar refractivity (Wildman–Crippen MR) is 85.0 cm³/mol. The van der Waals surface area contributed by atoms with E-state index in [0.29, 0.717) is 18.7 Å². The van der Waals surface area contributed by atoms with Crippen LogP contribution in [0.1, 0.15) is 31.1 Å². The van der Waals surface area contributed by atoms with Gasteiger partial charge in [0.15, 0.2) is 0 Å². The van der Waals surface area contributed by atoms with Crippen LogP contribution in [-0.4, -0.2) is 45.4 Å². The third-order valence-corrected chi connectivity index (χ3v) is 5.09. The number of nitrogens with zero attached hydrogens (tertiary/aromatic N) is 1. The van der Waals surface area contributed by atoms with Crippen LogP contribution in [0.4, 0.5) is 0 Å². The van der Waals surface area contributed by atoms with Crippen LogP contribution in [0, 0.1) is 5.41 Å². The Kier molecular flexibility index (Phi) is 6.10. The highest BCUT2D eigenvalue weighted by molar-refractivity contribution is 7.89. The molecule has 0 unspecified atom stereocenters. The van der Waals surface area contributed by atoms with Crippen molar-refractivity contribution in [3.63, 3.8) is 0 Å². The Morgan fingerprint density at radius 2 is 1.82 bits per heavy atom. The highest BCUT2D eigenvalue weighted by Crippen LogP contribution is 2.21. The number of carbonyl (C=O) groups excluding carboxylic acids is 1. The van der Waals surface area contributed by atoms with E-state index in [2.05, 4.69) is 0 Å². The molecule has 0 spiro atoms. The molecule has 0 radical (unpaired) electrons. The molecule has 124 valence electrons. The maximum atomic E-state index is 12.5. The molecule has 0 aliphatic heterocycles. The normalized spacial score (nSPS) is 12.5. The fourth-order valence-corrected chi connectivity index (χ4v) is 3.27. The van der Waals surface area contributed by atoms with Crippen molar-refractivity contribution in [2.24, 2.45) is 11.1 Å². The largest absolute Gasteiger partial charge is 0.462 e. The van der Waals surface area contributed by atoms with E-state index in [1.807, 2.05) is 13.8 Å². The summed E-state index contributed by atoms with van der Waals surface area (Å²) in [6.07, 6.45) is 0. The Bertz CT molecular complexity index is 609. The molecule has 7 heteroatoms. The Morgan fingerprint density at radius 3 is 2.27 bits per heavy atom. The Hall–Kier alpha value is -1.44. The van der Waals surface area contributed by atoms with Crippen molar-refractivity contribution in [3.05, 3.63) is 29.8 Å². The minimum absolute atomic E-state index is 0.135. The molecule has 0 saturated heterocycles. The molecule has 0 amide bonds. The fraction of sp³-hybridized carbons (Fsp3) is 0.533. The Labute approximate surface area is 132 Å². The average molecular weight is 328 g/mol. The number of benzene rings is 1. The third kappa shape index (κ3) is 4.53. The van der Waals surface area contributed by atoms with Gasteiger partial charge in [-0.05, 0) is 43.1 Å². The Balaban J connectivity index is 2.96. The minimum atomic E-state index is -3.61. The molecule has 1 rings (SSSR count). The van der Waals surface area contributed by atoms with E-state index < -0.39 is 16.0 Å². The standard InChI is InChI=1S/C15H24N2O4S/c1-5-21-14(18)12-6-8-13(9-7-12)22(19,20)17(4)11-15(2,3)10-16/h6-9H,5,10-11,16H2,1-4H3. The van der Waals surface area contributed by atoms with Crippen molar-refractivity contribution in [1.29, 1.82) is 0 Å². The summed E-state index contributed by atoms with van der Waals surface area (Å²) < 4.78 is 31.1. The van der Waals surface area contributed by atoms with Crippen LogP contribution in [0.25, 0.3) is 0 Å². The van der Waals surface area contributed by atoms with Crippen LogP contribution >= 0.6 is 0 Å². The minimum Gasteiger partial charge on any atom is -0.462 e. The lowest BCUT2D eigenvalue weighted by Gasteiger charge is -2.28.